The summed E-state index contributed by atoms with van der Waals surface area (Å²) in [5, 5.41) is 0. The zero-order chi connectivity index (χ0) is 16.2. The summed E-state index contributed by atoms with van der Waals surface area (Å²) < 4.78 is 11.1. The van der Waals surface area contributed by atoms with Gasteiger partial charge in [0.15, 0.2) is 5.76 Å². The van der Waals surface area contributed by atoms with E-state index in [1.807, 2.05) is 24.0 Å². The van der Waals surface area contributed by atoms with Crippen molar-refractivity contribution in [2.45, 2.75) is 25.9 Å². The molecule has 4 heteroatoms. The molecule has 1 aromatic carbocycles. The summed E-state index contributed by atoms with van der Waals surface area (Å²) in [5.74, 6) is 1.47. The van der Waals surface area contributed by atoms with Gasteiger partial charge < -0.3 is 14.1 Å². The molecule has 0 spiro atoms. The van der Waals surface area contributed by atoms with Gasteiger partial charge in [-0.2, -0.15) is 0 Å². The Kier molecular flexibility index (Phi) is 4.82. The second kappa shape index (κ2) is 7.01. The van der Waals surface area contributed by atoms with E-state index in [9.17, 15) is 4.79 Å². The van der Waals surface area contributed by atoms with E-state index in [4.69, 9.17) is 9.15 Å². The Hall–Kier alpha value is -2.07. The number of rotatable bonds is 4. The van der Waals surface area contributed by atoms with Crippen LogP contribution in [0.5, 0.6) is 0 Å². The fourth-order valence-corrected chi connectivity index (χ4v) is 3.32. The van der Waals surface area contributed by atoms with E-state index in [1.165, 1.54) is 5.56 Å². The van der Waals surface area contributed by atoms with Crippen molar-refractivity contribution in [3.8, 4) is 0 Å². The highest BCUT2D eigenvalue weighted by atomic mass is 16.5. The Labute approximate surface area is 137 Å². The first kappa shape index (κ1) is 15.8. The first-order valence-electron chi connectivity index (χ1n) is 8.10. The number of ether oxygens (including phenoxy) is 1. The highest BCUT2D eigenvalue weighted by Crippen LogP contribution is 2.25. The van der Waals surface area contributed by atoms with Gasteiger partial charge in [0.1, 0.15) is 5.76 Å². The van der Waals surface area contributed by atoms with Crippen LogP contribution in [0, 0.1) is 12.8 Å². The van der Waals surface area contributed by atoms with Gasteiger partial charge in [-0.3, -0.25) is 4.79 Å². The third-order valence-corrected chi connectivity index (χ3v) is 4.55. The van der Waals surface area contributed by atoms with Crippen LogP contribution < -0.4 is 0 Å². The lowest BCUT2D eigenvalue weighted by molar-refractivity contribution is -0.00392. The predicted octanol–water partition coefficient (Wildman–Crippen LogP) is 3.31. The molecule has 2 aromatic rings. The van der Waals surface area contributed by atoms with Gasteiger partial charge in [0.05, 0.1) is 6.10 Å². The second-order valence-electron chi connectivity index (χ2n) is 6.17. The van der Waals surface area contributed by atoms with Gasteiger partial charge in [-0.15, -0.1) is 0 Å². The number of methoxy groups -OCH3 is 1. The first-order valence-corrected chi connectivity index (χ1v) is 8.10. The Balaban J connectivity index is 1.71. The van der Waals surface area contributed by atoms with E-state index in [-0.39, 0.29) is 12.0 Å². The lowest BCUT2D eigenvalue weighted by Gasteiger charge is -2.37. The molecule has 122 valence electrons. The van der Waals surface area contributed by atoms with Crippen LogP contribution in [0.4, 0.5) is 0 Å². The molecule has 1 aliphatic heterocycles. The summed E-state index contributed by atoms with van der Waals surface area (Å²) in [5.41, 5.74) is 1.28. The molecule has 0 saturated carbocycles. The van der Waals surface area contributed by atoms with E-state index in [2.05, 4.69) is 24.3 Å². The summed E-state index contributed by atoms with van der Waals surface area (Å²) in [6.45, 7) is 3.26. The Morgan fingerprint density at radius 3 is 2.70 bits per heavy atom. The molecule has 0 aliphatic carbocycles. The van der Waals surface area contributed by atoms with E-state index in [0.717, 1.165) is 18.6 Å². The van der Waals surface area contributed by atoms with Gasteiger partial charge in [0.25, 0.3) is 5.91 Å². The highest BCUT2D eigenvalue weighted by Gasteiger charge is 2.32. The van der Waals surface area contributed by atoms with Gasteiger partial charge >= 0.3 is 0 Å². The molecule has 1 fully saturated rings. The summed E-state index contributed by atoms with van der Waals surface area (Å²) in [7, 11) is 1.76. The lowest BCUT2D eigenvalue weighted by Crippen LogP contribution is -2.47. The van der Waals surface area contributed by atoms with Gasteiger partial charge in [-0.05, 0) is 37.5 Å². The Morgan fingerprint density at radius 2 is 2.04 bits per heavy atom. The largest absolute Gasteiger partial charge is 0.456 e. The Morgan fingerprint density at radius 1 is 1.26 bits per heavy atom. The van der Waals surface area contributed by atoms with Crippen molar-refractivity contribution in [1.29, 1.82) is 0 Å². The zero-order valence-corrected chi connectivity index (χ0v) is 13.7. The molecule has 1 saturated heterocycles. The molecule has 4 nitrogen and oxygen atoms in total. The minimum atomic E-state index is -0.0225. The third kappa shape index (κ3) is 3.64. The number of aryl methyl sites for hydroxylation is 1. The van der Waals surface area contributed by atoms with Gasteiger partial charge in [0, 0.05) is 26.1 Å². The lowest BCUT2D eigenvalue weighted by atomic mass is 9.88. The monoisotopic (exact) mass is 313 g/mol. The summed E-state index contributed by atoms with van der Waals surface area (Å²) >= 11 is 0. The fourth-order valence-electron chi connectivity index (χ4n) is 3.32. The molecule has 2 atom stereocenters. The number of hydrogen-bond donors (Lipinski definition) is 0. The molecule has 0 bridgehead atoms. The number of likely N-dealkylation sites (tertiary alicyclic amines) is 1. The summed E-state index contributed by atoms with van der Waals surface area (Å²) in [6, 6.07) is 14.0. The smallest absolute Gasteiger partial charge is 0.289 e. The average Bonchev–Trinajstić information content (AvgIpc) is 3.01. The number of hydrogen-bond acceptors (Lipinski definition) is 3. The number of piperidine rings is 1. The minimum Gasteiger partial charge on any atom is -0.456 e. The molecule has 1 aliphatic rings. The molecule has 1 amide bonds. The SMILES string of the molecule is CO[C@H]1CCN(C(=O)c2ccc(C)o2)C[C@H]1Cc1ccccc1. The second-order valence-corrected chi connectivity index (χ2v) is 6.17. The molecule has 0 N–H and O–H groups in total. The van der Waals surface area contributed by atoms with E-state index >= 15 is 0 Å². The minimum absolute atomic E-state index is 0.0225. The van der Waals surface area contributed by atoms with Crippen molar-refractivity contribution in [1.82, 2.24) is 4.90 Å². The van der Waals surface area contributed by atoms with Crippen LogP contribution >= 0.6 is 0 Å². The number of furan rings is 1. The van der Waals surface area contributed by atoms with Gasteiger partial charge in [0.2, 0.25) is 0 Å². The van der Waals surface area contributed by atoms with Crippen LogP contribution in [0.1, 0.15) is 28.3 Å². The maximum atomic E-state index is 12.6. The topological polar surface area (TPSA) is 42.7 Å². The molecule has 0 radical (unpaired) electrons. The number of carbonyl (C=O) groups excluding carboxylic acids is 1. The zero-order valence-electron chi connectivity index (χ0n) is 13.7. The standard InChI is InChI=1S/C19H23NO3/c1-14-8-9-18(23-14)19(21)20-11-10-17(22-2)16(13-20)12-15-6-4-3-5-7-15/h3-9,16-17H,10-13H2,1-2H3/t16-,17+/m1/s1. The number of amides is 1. The Bertz CT molecular complexity index is 650. The van der Waals surface area contributed by atoms with Gasteiger partial charge in [-0.25, -0.2) is 0 Å². The molecule has 2 heterocycles. The van der Waals surface area contributed by atoms with Crippen LogP contribution in [0.15, 0.2) is 46.9 Å². The summed E-state index contributed by atoms with van der Waals surface area (Å²) in [6.07, 6.45) is 1.97. The van der Waals surface area contributed by atoms with E-state index in [1.54, 1.807) is 13.2 Å². The number of benzene rings is 1. The van der Waals surface area contributed by atoms with Crippen molar-refractivity contribution in [2.24, 2.45) is 5.92 Å². The predicted molar refractivity (Wildman–Crippen MR) is 88.4 cm³/mol. The third-order valence-electron chi connectivity index (χ3n) is 4.55. The molecule has 3 rings (SSSR count). The molecule has 1 aromatic heterocycles. The number of nitrogens with zero attached hydrogens (tertiary/aromatic N) is 1. The van der Waals surface area contributed by atoms with Crippen molar-refractivity contribution in [3.63, 3.8) is 0 Å². The molecule has 0 unspecified atom stereocenters. The van der Waals surface area contributed by atoms with Crippen molar-refractivity contribution >= 4 is 5.91 Å². The maximum absolute atomic E-state index is 12.6. The van der Waals surface area contributed by atoms with E-state index < -0.39 is 0 Å². The van der Waals surface area contributed by atoms with Crippen molar-refractivity contribution < 1.29 is 13.9 Å². The van der Waals surface area contributed by atoms with Crippen molar-refractivity contribution in [3.05, 3.63) is 59.5 Å². The fraction of sp³-hybridized carbons (Fsp3) is 0.421. The summed E-state index contributed by atoms with van der Waals surface area (Å²) in [4.78, 5) is 14.5. The molecular formula is C19H23NO3. The van der Waals surface area contributed by atoms with Crippen molar-refractivity contribution in [2.75, 3.05) is 20.2 Å². The normalized spacial score (nSPS) is 21.4. The van der Waals surface area contributed by atoms with Crippen LogP contribution in [0.25, 0.3) is 0 Å². The number of carbonyl (C=O) groups is 1. The van der Waals surface area contributed by atoms with Crippen LogP contribution in [-0.2, 0) is 11.2 Å². The van der Waals surface area contributed by atoms with Crippen LogP contribution in [0.2, 0.25) is 0 Å². The van der Waals surface area contributed by atoms with E-state index in [0.29, 0.717) is 24.8 Å². The highest BCUT2D eigenvalue weighted by molar-refractivity contribution is 5.91. The molecular weight excluding hydrogens is 290 g/mol. The van der Waals surface area contributed by atoms with Crippen LogP contribution in [-0.4, -0.2) is 37.1 Å². The van der Waals surface area contributed by atoms with Crippen LogP contribution in [0.3, 0.4) is 0 Å². The first-order chi connectivity index (χ1) is 11.2. The quantitative estimate of drug-likeness (QED) is 0.870. The van der Waals surface area contributed by atoms with Gasteiger partial charge in [-0.1, -0.05) is 30.3 Å². The molecule has 23 heavy (non-hydrogen) atoms. The maximum Gasteiger partial charge on any atom is 0.289 e. The average molecular weight is 313 g/mol.